The van der Waals surface area contributed by atoms with E-state index < -0.39 is 0 Å². The molecule has 0 aromatic carbocycles. The molecule has 2 fully saturated rings. The summed E-state index contributed by atoms with van der Waals surface area (Å²) in [6.07, 6.45) is 7.60. The number of nitrogens with zero attached hydrogens (tertiary/aromatic N) is 1. The van der Waals surface area contributed by atoms with Crippen LogP contribution >= 0.6 is 0 Å². The topological polar surface area (TPSA) is 23.5 Å². The first kappa shape index (κ1) is 10.4. The number of aliphatic hydroxyl groups is 1. The maximum Gasteiger partial charge on any atom is 0.0597 e. The molecule has 1 saturated carbocycles. The highest BCUT2D eigenvalue weighted by atomic mass is 16.3. The van der Waals surface area contributed by atoms with Gasteiger partial charge in [-0.1, -0.05) is 6.42 Å². The van der Waals surface area contributed by atoms with Crippen LogP contribution < -0.4 is 0 Å². The molecule has 2 heteroatoms. The van der Waals surface area contributed by atoms with Crippen molar-refractivity contribution in [2.75, 3.05) is 20.1 Å². The molecule has 1 aliphatic heterocycles. The molecule has 1 aliphatic carbocycles. The molecular formula is C12H23NO. The maximum absolute atomic E-state index is 10.2. The van der Waals surface area contributed by atoms with Crippen LogP contribution in [-0.4, -0.2) is 36.2 Å². The van der Waals surface area contributed by atoms with Gasteiger partial charge in [-0.15, -0.1) is 0 Å². The average Bonchev–Trinajstić information content (AvgIpc) is 2.26. The summed E-state index contributed by atoms with van der Waals surface area (Å²) >= 11 is 0. The van der Waals surface area contributed by atoms with E-state index in [4.69, 9.17) is 0 Å². The number of hydrogen-bond acceptors (Lipinski definition) is 2. The van der Waals surface area contributed by atoms with Gasteiger partial charge < -0.3 is 10.0 Å². The van der Waals surface area contributed by atoms with E-state index in [2.05, 4.69) is 11.9 Å². The summed E-state index contributed by atoms with van der Waals surface area (Å²) in [6, 6.07) is 0. The molecule has 0 spiro atoms. The van der Waals surface area contributed by atoms with E-state index in [1.54, 1.807) is 0 Å². The van der Waals surface area contributed by atoms with Crippen LogP contribution in [0.25, 0.3) is 0 Å². The standard InChI is InChI=1S/C12H23NO/c1-13-8-3-6-11(7-9-13)12(14)10-4-2-5-10/h10-12,14H,2-9H2,1H3. The molecule has 14 heavy (non-hydrogen) atoms. The van der Waals surface area contributed by atoms with Gasteiger partial charge in [0.2, 0.25) is 0 Å². The quantitative estimate of drug-likeness (QED) is 0.730. The molecule has 1 heterocycles. The van der Waals surface area contributed by atoms with Crippen molar-refractivity contribution in [2.24, 2.45) is 11.8 Å². The first-order valence-electron chi connectivity index (χ1n) is 6.14. The Labute approximate surface area is 87.3 Å². The van der Waals surface area contributed by atoms with Crippen molar-refractivity contribution in [3.63, 3.8) is 0 Å². The van der Waals surface area contributed by atoms with Crippen LogP contribution in [0.2, 0.25) is 0 Å². The average molecular weight is 197 g/mol. The fourth-order valence-electron chi connectivity index (χ4n) is 2.77. The van der Waals surface area contributed by atoms with Crippen LogP contribution in [0.3, 0.4) is 0 Å². The zero-order chi connectivity index (χ0) is 9.97. The molecule has 1 N–H and O–H groups in total. The van der Waals surface area contributed by atoms with Gasteiger partial charge in [-0.2, -0.15) is 0 Å². The minimum atomic E-state index is 0.00949. The second-order valence-corrected chi connectivity index (χ2v) is 5.18. The van der Waals surface area contributed by atoms with Crippen molar-refractivity contribution in [1.82, 2.24) is 4.90 Å². The summed E-state index contributed by atoms with van der Waals surface area (Å²) < 4.78 is 0. The van der Waals surface area contributed by atoms with Gasteiger partial charge in [0.25, 0.3) is 0 Å². The molecule has 2 unspecified atom stereocenters. The lowest BCUT2D eigenvalue weighted by Crippen LogP contribution is -2.34. The molecule has 0 aromatic heterocycles. The van der Waals surface area contributed by atoms with E-state index in [0.29, 0.717) is 11.8 Å². The van der Waals surface area contributed by atoms with E-state index in [9.17, 15) is 5.11 Å². The molecule has 1 saturated heterocycles. The highest BCUT2D eigenvalue weighted by Gasteiger charge is 2.32. The highest BCUT2D eigenvalue weighted by Crippen LogP contribution is 2.35. The number of likely N-dealkylation sites (tertiary alicyclic amines) is 1. The van der Waals surface area contributed by atoms with Crippen LogP contribution in [0.1, 0.15) is 38.5 Å². The minimum Gasteiger partial charge on any atom is -0.393 e. The summed E-state index contributed by atoms with van der Waals surface area (Å²) in [7, 11) is 2.19. The number of aliphatic hydroxyl groups excluding tert-OH is 1. The molecule has 2 nitrogen and oxygen atoms in total. The summed E-state index contributed by atoms with van der Waals surface area (Å²) in [5, 5.41) is 10.2. The number of hydrogen-bond donors (Lipinski definition) is 1. The van der Waals surface area contributed by atoms with E-state index in [-0.39, 0.29) is 6.10 Å². The molecule has 0 radical (unpaired) electrons. The van der Waals surface area contributed by atoms with Gasteiger partial charge in [0.15, 0.2) is 0 Å². The molecule has 0 bridgehead atoms. The van der Waals surface area contributed by atoms with Crippen molar-refractivity contribution in [3.8, 4) is 0 Å². The Bertz CT molecular complexity index is 179. The van der Waals surface area contributed by atoms with E-state index >= 15 is 0 Å². The smallest absolute Gasteiger partial charge is 0.0597 e. The van der Waals surface area contributed by atoms with E-state index in [1.807, 2.05) is 0 Å². The zero-order valence-corrected chi connectivity index (χ0v) is 9.28. The SMILES string of the molecule is CN1CCCC(C(O)C2CCC2)CC1. The third-order valence-corrected chi connectivity index (χ3v) is 4.11. The first-order valence-corrected chi connectivity index (χ1v) is 6.14. The normalized spacial score (nSPS) is 33.4. The predicted octanol–water partition coefficient (Wildman–Crippen LogP) is 1.88. The Morgan fingerprint density at radius 1 is 1.00 bits per heavy atom. The molecular weight excluding hydrogens is 174 g/mol. The van der Waals surface area contributed by atoms with Crippen LogP contribution in [0.4, 0.5) is 0 Å². The molecule has 0 amide bonds. The summed E-state index contributed by atoms with van der Waals surface area (Å²) in [4.78, 5) is 2.40. The van der Waals surface area contributed by atoms with Crippen LogP contribution in [0.5, 0.6) is 0 Å². The molecule has 2 rings (SSSR count). The lowest BCUT2D eigenvalue weighted by molar-refractivity contribution is 0.00983. The van der Waals surface area contributed by atoms with Crippen molar-refractivity contribution in [1.29, 1.82) is 0 Å². The van der Waals surface area contributed by atoms with Crippen molar-refractivity contribution >= 4 is 0 Å². The third-order valence-electron chi connectivity index (χ3n) is 4.11. The van der Waals surface area contributed by atoms with Crippen LogP contribution in [0.15, 0.2) is 0 Å². The first-order chi connectivity index (χ1) is 6.77. The van der Waals surface area contributed by atoms with Gasteiger partial charge in [0.1, 0.15) is 0 Å². The van der Waals surface area contributed by atoms with Crippen molar-refractivity contribution in [2.45, 2.75) is 44.6 Å². The van der Waals surface area contributed by atoms with Gasteiger partial charge >= 0.3 is 0 Å². The Hall–Kier alpha value is -0.0800. The lowest BCUT2D eigenvalue weighted by atomic mass is 9.75. The zero-order valence-electron chi connectivity index (χ0n) is 9.28. The number of rotatable bonds is 2. The van der Waals surface area contributed by atoms with Crippen LogP contribution in [0, 0.1) is 11.8 Å². The highest BCUT2D eigenvalue weighted by molar-refractivity contribution is 4.83. The Morgan fingerprint density at radius 3 is 2.29 bits per heavy atom. The molecule has 2 atom stereocenters. The van der Waals surface area contributed by atoms with E-state index in [1.165, 1.54) is 51.6 Å². The monoisotopic (exact) mass is 197 g/mol. The van der Waals surface area contributed by atoms with Crippen molar-refractivity contribution < 1.29 is 5.11 Å². The van der Waals surface area contributed by atoms with Gasteiger partial charge in [0.05, 0.1) is 6.10 Å². The lowest BCUT2D eigenvalue weighted by Gasteiger charge is -2.35. The third kappa shape index (κ3) is 2.29. The summed E-state index contributed by atoms with van der Waals surface area (Å²) in [5.41, 5.74) is 0. The summed E-state index contributed by atoms with van der Waals surface area (Å²) in [5.74, 6) is 1.23. The Kier molecular flexibility index (Phi) is 3.45. The second-order valence-electron chi connectivity index (χ2n) is 5.18. The predicted molar refractivity (Wildman–Crippen MR) is 58.2 cm³/mol. The maximum atomic E-state index is 10.2. The fraction of sp³-hybridized carbons (Fsp3) is 1.00. The van der Waals surface area contributed by atoms with Gasteiger partial charge in [-0.3, -0.25) is 0 Å². The summed E-state index contributed by atoms with van der Waals surface area (Å²) in [6.45, 7) is 2.39. The van der Waals surface area contributed by atoms with Crippen LogP contribution in [-0.2, 0) is 0 Å². The van der Waals surface area contributed by atoms with E-state index in [0.717, 1.165) is 0 Å². The fourth-order valence-corrected chi connectivity index (χ4v) is 2.77. The molecule has 2 aliphatic rings. The Morgan fingerprint density at radius 2 is 1.64 bits per heavy atom. The van der Waals surface area contributed by atoms with Gasteiger partial charge in [-0.25, -0.2) is 0 Å². The largest absolute Gasteiger partial charge is 0.393 e. The molecule has 0 aromatic rings. The minimum absolute atomic E-state index is 0.00949. The van der Waals surface area contributed by atoms with Crippen molar-refractivity contribution in [3.05, 3.63) is 0 Å². The van der Waals surface area contributed by atoms with Gasteiger partial charge in [0, 0.05) is 0 Å². The Balaban J connectivity index is 1.83. The van der Waals surface area contributed by atoms with Gasteiger partial charge in [-0.05, 0) is 64.1 Å². The second kappa shape index (κ2) is 4.63. The molecule has 82 valence electrons.